The standard InChI is InChI=1S/C22H29FN6O2/c23-18-3-1-16(2-4-18)19-11-20(19)25-12-15-5-8-29(9-6-15)10-7-24-22-26-13-17(14-27-22)21(30)28-31/h1-4,13-15,19-20,25,31H,5-12H2,(H,28,30)(H,24,26,27). The molecule has 2 unspecified atom stereocenters. The van der Waals surface area contributed by atoms with Crippen molar-refractivity contribution >= 4 is 11.9 Å². The molecule has 1 saturated carbocycles. The van der Waals surface area contributed by atoms with Crippen molar-refractivity contribution in [3.05, 3.63) is 53.6 Å². The third-order valence-electron chi connectivity index (χ3n) is 6.19. The maximum Gasteiger partial charge on any atom is 0.277 e. The molecule has 2 atom stereocenters. The Balaban J connectivity index is 1.09. The van der Waals surface area contributed by atoms with Crippen molar-refractivity contribution in [2.75, 3.05) is 38.0 Å². The molecule has 2 aliphatic rings. The van der Waals surface area contributed by atoms with E-state index in [1.165, 1.54) is 30.8 Å². The third-order valence-corrected chi connectivity index (χ3v) is 6.19. The Bertz CT molecular complexity index is 855. The van der Waals surface area contributed by atoms with Gasteiger partial charge < -0.3 is 15.5 Å². The number of carbonyl (C=O) groups is 1. The molecule has 4 N–H and O–H groups in total. The van der Waals surface area contributed by atoms with Crippen LogP contribution >= 0.6 is 0 Å². The lowest BCUT2D eigenvalue weighted by Crippen LogP contribution is -2.39. The molecule has 2 fully saturated rings. The monoisotopic (exact) mass is 428 g/mol. The number of carbonyl (C=O) groups excluding carboxylic acids is 1. The summed E-state index contributed by atoms with van der Waals surface area (Å²) in [6.07, 6.45) is 6.26. The number of anilines is 1. The Hall–Kier alpha value is -2.62. The van der Waals surface area contributed by atoms with Crippen LogP contribution in [0.15, 0.2) is 36.7 Å². The first-order valence-electron chi connectivity index (χ1n) is 10.8. The molecule has 0 radical (unpaired) electrons. The van der Waals surface area contributed by atoms with Crippen LogP contribution in [0.4, 0.5) is 10.3 Å². The molecule has 9 heteroatoms. The summed E-state index contributed by atoms with van der Waals surface area (Å²) in [5.74, 6) is 0.895. The van der Waals surface area contributed by atoms with Crippen LogP contribution in [0.3, 0.4) is 0 Å². The molecular weight excluding hydrogens is 399 g/mol. The number of nitrogens with zero attached hydrogens (tertiary/aromatic N) is 3. The van der Waals surface area contributed by atoms with Crippen LogP contribution < -0.4 is 16.1 Å². The van der Waals surface area contributed by atoms with E-state index in [0.29, 0.717) is 23.8 Å². The van der Waals surface area contributed by atoms with E-state index >= 15 is 0 Å². The smallest absolute Gasteiger partial charge is 0.277 e. The van der Waals surface area contributed by atoms with Gasteiger partial charge in [0.15, 0.2) is 0 Å². The zero-order valence-electron chi connectivity index (χ0n) is 17.4. The maximum absolute atomic E-state index is 13.1. The van der Waals surface area contributed by atoms with Gasteiger partial charge in [-0.05, 0) is 62.5 Å². The van der Waals surface area contributed by atoms with E-state index in [1.54, 1.807) is 17.6 Å². The van der Waals surface area contributed by atoms with E-state index in [2.05, 4.69) is 25.5 Å². The molecular formula is C22H29FN6O2. The molecule has 2 heterocycles. The zero-order chi connectivity index (χ0) is 21.6. The van der Waals surface area contributed by atoms with Crippen molar-refractivity contribution in [2.24, 2.45) is 5.92 Å². The van der Waals surface area contributed by atoms with Crippen LogP contribution in [-0.2, 0) is 0 Å². The van der Waals surface area contributed by atoms with Gasteiger partial charge >= 0.3 is 0 Å². The van der Waals surface area contributed by atoms with E-state index in [1.807, 2.05) is 12.1 Å². The first-order valence-corrected chi connectivity index (χ1v) is 10.8. The van der Waals surface area contributed by atoms with E-state index in [4.69, 9.17) is 5.21 Å². The van der Waals surface area contributed by atoms with Crippen LogP contribution in [0, 0.1) is 11.7 Å². The number of amides is 1. The van der Waals surface area contributed by atoms with Gasteiger partial charge in [-0.25, -0.2) is 19.8 Å². The Morgan fingerprint density at radius 3 is 2.55 bits per heavy atom. The number of benzene rings is 1. The SMILES string of the molecule is O=C(NO)c1cnc(NCCN2CCC(CNC3CC3c3ccc(F)cc3)CC2)nc1. The first kappa shape index (κ1) is 21.6. The van der Waals surface area contributed by atoms with Crippen molar-refractivity contribution in [2.45, 2.75) is 31.2 Å². The number of halogens is 1. The van der Waals surface area contributed by atoms with Gasteiger partial charge in [-0.3, -0.25) is 10.0 Å². The number of hydrogen-bond donors (Lipinski definition) is 4. The van der Waals surface area contributed by atoms with Gasteiger partial charge in [0.2, 0.25) is 5.95 Å². The van der Waals surface area contributed by atoms with Crippen molar-refractivity contribution in [3.63, 3.8) is 0 Å². The first-order chi connectivity index (χ1) is 15.1. The fourth-order valence-corrected chi connectivity index (χ4v) is 4.16. The Kier molecular flexibility index (Phi) is 7.06. The Labute approximate surface area is 181 Å². The second-order valence-electron chi connectivity index (χ2n) is 8.36. The lowest BCUT2D eigenvalue weighted by atomic mass is 9.96. The fourth-order valence-electron chi connectivity index (χ4n) is 4.16. The predicted molar refractivity (Wildman–Crippen MR) is 114 cm³/mol. The molecule has 1 aromatic carbocycles. The average Bonchev–Trinajstić information content (AvgIpc) is 3.59. The zero-order valence-corrected chi connectivity index (χ0v) is 17.4. The van der Waals surface area contributed by atoms with Crippen LogP contribution in [0.1, 0.15) is 41.1 Å². The number of piperidine rings is 1. The molecule has 4 rings (SSSR count). The normalized spacial score (nSPS) is 21.6. The van der Waals surface area contributed by atoms with Gasteiger partial charge in [-0.1, -0.05) is 12.1 Å². The summed E-state index contributed by atoms with van der Waals surface area (Å²) >= 11 is 0. The van der Waals surface area contributed by atoms with Gasteiger partial charge in [0.1, 0.15) is 5.82 Å². The molecule has 0 spiro atoms. The molecule has 2 aromatic rings. The molecule has 1 aliphatic heterocycles. The minimum absolute atomic E-state index is 0.173. The van der Waals surface area contributed by atoms with Gasteiger partial charge in [-0.2, -0.15) is 0 Å². The van der Waals surface area contributed by atoms with Crippen LogP contribution in [0.25, 0.3) is 0 Å². The van der Waals surface area contributed by atoms with E-state index in [9.17, 15) is 9.18 Å². The van der Waals surface area contributed by atoms with Gasteiger partial charge in [0, 0.05) is 37.4 Å². The summed E-state index contributed by atoms with van der Waals surface area (Å²) in [6, 6.07) is 7.43. The van der Waals surface area contributed by atoms with Crippen LogP contribution in [-0.4, -0.2) is 64.7 Å². The lowest BCUT2D eigenvalue weighted by Gasteiger charge is -2.32. The maximum atomic E-state index is 13.1. The summed E-state index contributed by atoms with van der Waals surface area (Å²) in [5.41, 5.74) is 3.00. The highest BCUT2D eigenvalue weighted by Crippen LogP contribution is 2.40. The second kappa shape index (κ2) is 10.1. The minimum atomic E-state index is -0.628. The van der Waals surface area contributed by atoms with Gasteiger partial charge in [0.05, 0.1) is 5.56 Å². The highest BCUT2D eigenvalue weighted by Gasteiger charge is 2.38. The predicted octanol–water partition coefficient (Wildman–Crippen LogP) is 2.00. The van der Waals surface area contributed by atoms with Gasteiger partial charge in [-0.15, -0.1) is 0 Å². The second-order valence-corrected chi connectivity index (χ2v) is 8.36. The summed E-state index contributed by atoms with van der Waals surface area (Å²) in [7, 11) is 0. The van der Waals surface area contributed by atoms with E-state index in [0.717, 1.165) is 39.1 Å². The molecule has 1 amide bonds. The Morgan fingerprint density at radius 2 is 1.87 bits per heavy atom. The number of likely N-dealkylation sites (tertiary alicyclic amines) is 1. The van der Waals surface area contributed by atoms with Crippen LogP contribution in [0.5, 0.6) is 0 Å². The number of hydrogen-bond acceptors (Lipinski definition) is 7. The summed E-state index contributed by atoms with van der Waals surface area (Å²) in [6.45, 7) is 4.86. The Morgan fingerprint density at radius 1 is 1.16 bits per heavy atom. The van der Waals surface area contributed by atoms with Crippen molar-refractivity contribution in [1.29, 1.82) is 0 Å². The quantitative estimate of drug-likeness (QED) is 0.358. The molecule has 1 saturated heterocycles. The lowest BCUT2D eigenvalue weighted by molar-refractivity contribution is 0.0705. The molecule has 1 aliphatic carbocycles. The third kappa shape index (κ3) is 5.96. The highest BCUT2D eigenvalue weighted by atomic mass is 19.1. The number of nitrogens with one attached hydrogen (secondary N) is 3. The van der Waals surface area contributed by atoms with E-state index < -0.39 is 5.91 Å². The fraction of sp³-hybridized carbons (Fsp3) is 0.500. The number of rotatable bonds is 9. The minimum Gasteiger partial charge on any atom is -0.353 e. The number of aromatic nitrogens is 2. The molecule has 8 nitrogen and oxygen atoms in total. The van der Waals surface area contributed by atoms with Crippen molar-refractivity contribution < 1.29 is 14.4 Å². The topological polar surface area (TPSA) is 102 Å². The molecule has 166 valence electrons. The molecule has 31 heavy (non-hydrogen) atoms. The highest BCUT2D eigenvalue weighted by molar-refractivity contribution is 5.92. The molecule has 0 bridgehead atoms. The number of hydroxylamine groups is 1. The summed E-state index contributed by atoms with van der Waals surface area (Å²) < 4.78 is 13.1. The summed E-state index contributed by atoms with van der Waals surface area (Å²) in [5, 5.41) is 15.5. The van der Waals surface area contributed by atoms with Gasteiger partial charge in [0.25, 0.3) is 5.91 Å². The summed E-state index contributed by atoms with van der Waals surface area (Å²) in [4.78, 5) is 21.9. The van der Waals surface area contributed by atoms with E-state index in [-0.39, 0.29) is 11.4 Å². The largest absolute Gasteiger partial charge is 0.353 e. The molecule has 1 aromatic heterocycles. The van der Waals surface area contributed by atoms with Crippen molar-refractivity contribution in [3.8, 4) is 0 Å². The van der Waals surface area contributed by atoms with Crippen molar-refractivity contribution in [1.82, 2.24) is 25.7 Å². The van der Waals surface area contributed by atoms with Crippen LogP contribution in [0.2, 0.25) is 0 Å². The average molecular weight is 429 g/mol.